The number of benzene rings is 1. The number of hydrogen-bond donors (Lipinski definition) is 1. The van der Waals surface area contributed by atoms with Crippen LogP contribution in [0.5, 0.6) is 0 Å². The van der Waals surface area contributed by atoms with E-state index in [9.17, 15) is 4.39 Å². The number of imidazole rings is 1. The molecule has 1 aromatic carbocycles. The second kappa shape index (κ2) is 6.58. The van der Waals surface area contributed by atoms with Crippen molar-refractivity contribution in [2.75, 3.05) is 0 Å². The molecule has 0 atom stereocenters. The molecule has 0 bridgehead atoms. The van der Waals surface area contributed by atoms with Gasteiger partial charge in [-0.3, -0.25) is 14.5 Å². The van der Waals surface area contributed by atoms with E-state index in [2.05, 4.69) is 20.2 Å². The summed E-state index contributed by atoms with van der Waals surface area (Å²) < 4.78 is 15.6. The number of halogens is 2. The smallest absolute Gasteiger partial charge is 0.141 e. The molecule has 0 radical (unpaired) electrons. The number of aromatic amines is 1. The molecule has 0 aliphatic carbocycles. The molecule has 0 aliphatic rings. The first kappa shape index (κ1) is 16.6. The predicted octanol–water partition coefficient (Wildman–Crippen LogP) is 5.25. The predicted molar refractivity (Wildman–Crippen MR) is 106 cm³/mol. The monoisotopic (exact) mass is 389 g/mol. The van der Waals surface area contributed by atoms with Crippen molar-refractivity contribution in [1.29, 1.82) is 0 Å². The van der Waals surface area contributed by atoms with Crippen molar-refractivity contribution in [2.24, 2.45) is 0 Å². The maximum absolute atomic E-state index is 13.6. The van der Waals surface area contributed by atoms with E-state index in [4.69, 9.17) is 11.6 Å². The van der Waals surface area contributed by atoms with Crippen LogP contribution in [0.25, 0.3) is 39.4 Å². The molecule has 5 nitrogen and oxygen atoms in total. The second-order valence-corrected chi connectivity index (χ2v) is 6.68. The first-order valence-electron chi connectivity index (χ1n) is 8.59. The summed E-state index contributed by atoms with van der Waals surface area (Å²) in [5.41, 5.74) is 5.84. The van der Waals surface area contributed by atoms with Crippen molar-refractivity contribution < 1.29 is 4.39 Å². The molecular formula is C21H13ClFN5. The Morgan fingerprint density at radius 2 is 1.89 bits per heavy atom. The summed E-state index contributed by atoms with van der Waals surface area (Å²) >= 11 is 5.98. The molecule has 4 aromatic heterocycles. The van der Waals surface area contributed by atoms with Gasteiger partial charge in [0.2, 0.25) is 0 Å². The van der Waals surface area contributed by atoms with E-state index in [1.54, 1.807) is 30.7 Å². The third kappa shape index (κ3) is 2.75. The van der Waals surface area contributed by atoms with Crippen LogP contribution >= 0.6 is 11.6 Å². The van der Waals surface area contributed by atoms with E-state index >= 15 is 0 Å². The summed E-state index contributed by atoms with van der Waals surface area (Å²) in [6.45, 7) is 0. The first-order chi connectivity index (χ1) is 13.7. The molecule has 5 aromatic rings. The molecule has 4 heterocycles. The molecule has 0 fully saturated rings. The number of hydrogen-bond acceptors (Lipinski definition) is 3. The molecule has 28 heavy (non-hydrogen) atoms. The Bertz CT molecular complexity index is 1290. The van der Waals surface area contributed by atoms with Gasteiger partial charge in [-0.15, -0.1) is 0 Å². The van der Waals surface area contributed by atoms with E-state index in [0.717, 1.165) is 39.4 Å². The Labute approximate surface area is 164 Å². The van der Waals surface area contributed by atoms with Crippen molar-refractivity contribution in [3.05, 3.63) is 84.2 Å². The number of nitrogens with one attached hydrogen (secondary N) is 1. The highest BCUT2D eigenvalue weighted by Gasteiger charge is 2.13. The molecule has 5 rings (SSSR count). The van der Waals surface area contributed by atoms with Crippen molar-refractivity contribution in [1.82, 2.24) is 24.6 Å². The average Bonchev–Trinajstić information content (AvgIpc) is 3.39. The van der Waals surface area contributed by atoms with Gasteiger partial charge in [-0.25, -0.2) is 9.37 Å². The molecular weight excluding hydrogens is 377 g/mol. The van der Waals surface area contributed by atoms with Crippen molar-refractivity contribution in [3.63, 3.8) is 0 Å². The summed E-state index contributed by atoms with van der Waals surface area (Å²) in [7, 11) is 0. The third-order valence-corrected chi connectivity index (χ3v) is 4.87. The van der Waals surface area contributed by atoms with E-state index in [1.807, 2.05) is 40.9 Å². The minimum absolute atomic E-state index is 0.0694. The average molecular weight is 390 g/mol. The zero-order valence-electron chi connectivity index (χ0n) is 14.5. The van der Waals surface area contributed by atoms with Crippen LogP contribution in [0.15, 0.2) is 73.3 Å². The SMILES string of the molecule is Fc1ccc(-c2ncccc2-c2ccc3ncc(-c4cc[nH]n4)n3c2)cc1Cl. The summed E-state index contributed by atoms with van der Waals surface area (Å²) in [5.74, 6) is -0.452. The summed E-state index contributed by atoms with van der Waals surface area (Å²) in [4.78, 5) is 8.96. The molecule has 0 saturated heterocycles. The topological polar surface area (TPSA) is 58.9 Å². The van der Waals surface area contributed by atoms with Crippen LogP contribution < -0.4 is 0 Å². The number of aromatic nitrogens is 5. The number of H-pyrrole nitrogens is 1. The van der Waals surface area contributed by atoms with Gasteiger partial charge in [0.05, 0.1) is 22.6 Å². The van der Waals surface area contributed by atoms with Gasteiger partial charge in [-0.1, -0.05) is 17.7 Å². The van der Waals surface area contributed by atoms with Crippen LogP contribution in [0.1, 0.15) is 0 Å². The lowest BCUT2D eigenvalue weighted by atomic mass is 10.0. The summed E-state index contributed by atoms with van der Waals surface area (Å²) in [5, 5.41) is 7.14. The molecule has 136 valence electrons. The highest BCUT2D eigenvalue weighted by molar-refractivity contribution is 6.31. The normalized spacial score (nSPS) is 11.2. The fourth-order valence-electron chi connectivity index (χ4n) is 3.24. The van der Waals surface area contributed by atoms with Gasteiger partial charge in [0.15, 0.2) is 0 Å². The van der Waals surface area contributed by atoms with Crippen LogP contribution in [0.2, 0.25) is 5.02 Å². The van der Waals surface area contributed by atoms with Crippen molar-refractivity contribution >= 4 is 17.2 Å². The lowest BCUT2D eigenvalue weighted by Crippen LogP contribution is -1.93. The van der Waals surface area contributed by atoms with Crippen LogP contribution in [0.3, 0.4) is 0 Å². The van der Waals surface area contributed by atoms with E-state index in [-0.39, 0.29) is 5.02 Å². The van der Waals surface area contributed by atoms with E-state index in [0.29, 0.717) is 0 Å². The lowest BCUT2D eigenvalue weighted by molar-refractivity contribution is 0.628. The zero-order valence-corrected chi connectivity index (χ0v) is 15.2. The maximum Gasteiger partial charge on any atom is 0.141 e. The number of rotatable bonds is 3. The third-order valence-electron chi connectivity index (χ3n) is 4.58. The Balaban J connectivity index is 1.69. The van der Waals surface area contributed by atoms with Gasteiger partial charge in [0.25, 0.3) is 0 Å². The number of pyridine rings is 2. The van der Waals surface area contributed by atoms with Gasteiger partial charge in [-0.05, 0) is 42.5 Å². The van der Waals surface area contributed by atoms with Gasteiger partial charge in [0, 0.05) is 35.3 Å². The summed E-state index contributed by atoms with van der Waals surface area (Å²) in [6.07, 6.45) is 7.27. The largest absolute Gasteiger partial charge is 0.298 e. The lowest BCUT2D eigenvalue weighted by Gasteiger charge is -2.10. The quantitative estimate of drug-likeness (QED) is 0.458. The van der Waals surface area contributed by atoms with Gasteiger partial charge in [-0.2, -0.15) is 5.10 Å². The Kier molecular flexibility index (Phi) is 3.91. The fourth-order valence-corrected chi connectivity index (χ4v) is 3.42. The Morgan fingerprint density at radius 3 is 2.71 bits per heavy atom. The fraction of sp³-hybridized carbons (Fsp3) is 0. The number of nitrogens with zero attached hydrogens (tertiary/aromatic N) is 4. The Hall–Kier alpha value is -3.51. The van der Waals surface area contributed by atoms with Crippen LogP contribution in [0, 0.1) is 5.82 Å². The Morgan fingerprint density at radius 1 is 1.00 bits per heavy atom. The second-order valence-electron chi connectivity index (χ2n) is 6.28. The highest BCUT2D eigenvalue weighted by Crippen LogP contribution is 2.33. The van der Waals surface area contributed by atoms with Gasteiger partial charge in [0.1, 0.15) is 17.2 Å². The molecule has 0 saturated carbocycles. The molecule has 0 aliphatic heterocycles. The van der Waals surface area contributed by atoms with Crippen molar-refractivity contribution in [3.8, 4) is 33.8 Å². The molecule has 0 unspecified atom stereocenters. The molecule has 0 spiro atoms. The van der Waals surface area contributed by atoms with Crippen LogP contribution in [-0.4, -0.2) is 24.6 Å². The molecule has 1 N–H and O–H groups in total. The van der Waals surface area contributed by atoms with E-state index in [1.165, 1.54) is 6.07 Å². The zero-order chi connectivity index (χ0) is 19.1. The maximum atomic E-state index is 13.6. The highest BCUT2D eigenvalue weighted by atomic mass is 35.5. The first-order valence-corrected chi connectivity index (χ1v) is 8.96. The minimum atomic E-state index is -0.452. The van der Waals surface area contributed by atoms with Crippen LogP contribution in [0.4, 0.5) is 4.39 Å². The minimum Gasteiger partial charge on any atom is -0.298 e. The van der Waals surface area contributed by atoms with Gasteiger partial charge < -0.3 is 0 Å². The van der Waals surface area contributed by atoms with E-state index < -0.39 is 5.82 Å². The van der Waals surface area contributed by atoms with Crippen molar-refractivity contribution in [2.45, 2.75) is 0 Å². The molecule has 0 amide bonds. The van der Waals surface area contributed by atoms with Gasteiger partial charge >= 0.3 is 0 Å². The van der Waals surface area contributed by atoms with Crippen LogP contribution in [-0.2, 0) is 0 Å². The number of fused-ring (bicyclic) bond motifs is 1. The summed E-state index contributed by atoms with van der Waals surface area (Å²) in [6, 6.07) is 14.3. The molecule has 7 heteroatoms. The standard InChI is InChI=1S/C21H13ClFN5/c22-16-10-13(3-5-17(16)23)21-15(2-1-8-24-21)14-4-6-20-25-11-19(28(20)12-14)18-7-9-26-27-18/h1-12H,(H,26,27).